The number of nitrogens with one attached hydrogen (secondary N) is 4. The van der Waals surface area contributed by atoms with E-state index in [4.69, 9.17) is 56.8 Å². The quantitative estimate of drug-likeness (QED) is 0.0225. The summed E-state index contributed by atoms with van der Waals surface area (Å²) in [4.78, 5) is 110. The molecule has 38 heteroatoms. The smallest absolute Gasteiger partial charge is 0.317 e. The number of hydrogen-bond acceptors (Lipinski definition) is 28. The number of phenols is 2. The lowest BCUT2D eigenvalue weighted by Gasteiger charge is -2.33. The van der Waals surface area contributed by atoms with Gasteiger partial charge in [-0.05, 0) is 140 Å². The van der Waals surface area contributed by atoms with E-state index in [1.807, 2.05) is 62.1 Å². The van der Waals surface area contributed by atoms with E-state index in [-0.39, 0.29) is 146 Å². The van der Waals surface area contributed by atoms with Gasteiger partial charge in [0.15, 0.2) is 5.82 Å². The Morgan fingerprint density at radius 3 is 1.33 bits per heavy atom. The normalized spacial score (nSPS) is 14.6. The summed E-state index contributed by atoms with van der Waals surface area (Å²) in [6, 6.07) is 18.1. The molecular weight excluding hydrogens is 1720 g/mol. The summed E-state index contributed by atoms with van der Waals surface area (Å²) in [6.07, 6.45) is 6.08. The summed E-state index contributed by atoms with van der Waals surface area (Å²) in [6.45, 7) is 17.9. The average Bonchev–Trinajstić information content (AvgIpc) is 1.64. The molecule has 1 aromatic heterocycles. The van der Waals surface area contributed by atoms with E-state index in [1.165, 1.54) is 6.07 Å². The van der Waals surface area contributed by atoms with Crippen molar-refractivity contribution in [1.82, 2.24) is 60.5 Å². The number of unbranched alkanes of at least 4 members (excludes halogenated alkanes) is 1. The van der Waals surface area contributed by atoms with Gasteiger partial charge in [0.25, 0.3) is 5.91 Å². The van der Waals surface area contributed by atoms with Crippen LogP contribution in [0.25, 0.3) is 17.1 Å². The summed E-state index contributed by atoms with van der Waals surface area (Å²) >= 11 is 2.25. The van der Waals surface area contributed by atoms with E-state index < -0.39 is 41.7 Å². The van der Waals surface area contributed by atoms with Crippen LogP contribution in [0.3, 0.4) is 0 Å². The highest BCUT2D eigenvalue weighted by atomic mass is 127. The zero-order valence-corrected chi connectivity index (χ0v) is 74.1. The van der Waals surface area contributed by atoms with Crippen LogP contribution in [0, 0.1) is 9.49 Å². The fourth-order valence-corrected chi connectivity index (χ4v) is 13.8. The number of aromatic hydroxyl groups is 2. The molecule has 3 heterocycles. The fourth-order valence-electron chi connectivity index (χ4n) is 13.4. The number of carboxylic acid groups (broad SMARTS) is 3. The van der Waals surface area contributed by atoms with Crippen molar-refractivity contribution in [3.8, 4) is 28.6 Å². The van der Waals surface area contributed by atoms with Gasteiger partial charge in [-0.2, -0.15) is 0 Å². The molecule has 6 rings (SSSR count). The number of hydrogen-bond donors (Lipinski definition) is 9. The van der Waals surface area contributed by atoms with Crippen molar-refractivity contribution in [2.45, 2.75) is 96.9 Å². The topological polar surface area (TPSA) is 443 Å². The van der Waals surface area contributed by atoms with Gasteiger partial charge in [-0.1, -0.05) is 38.1 Å². The molecule has 0 bridgehead atoms. The molecule has 690 valence electrons. The molecule has 4 aromatic rings. The van der Waals surface area contributed by atoms with Crippen LogP contribution in [0.2, 0.25) is 0 Å². The van der Waals surface area contributed by atoms with Crippen LogP contribution in [0.4, 0.5) is 0 Å². The summed E-state index contributed by atoms with van der Waals surface area (Å²) in [7, 11) is 0. The summed E-state index contributed by atoms with van der Waals surface area (Å²) < 4.78 is 70.0. The molecule has 0 spiro atoms. The molecule has 2 fully saturated rings. The van der Waals surface area contributed by atoms with Crippen molar-refractivity contribution in [3.05, 3.63) is 86.7 Å². The zero-order valence-electron chi connectivity index (χ0n) is 71.9. The highest BCUT2D eigenvalue weighted by molar-refractivity contribution is 14.1. The number of aliphatic carboxylic acids is 3. The van der Waals surface area contributed by atoms with Crippen molar-refractivity contribution in [3.63, 3.8) is 0 Å². The zero-order chi connectivity index (χ0) is 88.4. The Morgan fingerprint density at radius 2 is 0.894 bits per heavy atom. The second-order valence-corrected chi connectivity index (χ2v) is 31.2. The Bertz CT molecular complexity index is 3630. The first-order valence-corrected chi connectivity index (χ1v) is 44.0. The lowest BCUT2D eigenvalue weighted by atomic mass is 9.90. The summed E-state index contributed by atoms with van der Waals surface area (Å²) in [5, 5.41) is 70.2. The SMILES string of the molecule is CCNC(=O)c1nnc(-c2cc(C(C)C)c(O)cc2O)n1-c1ccc(CC2CCN(C(=O)CCOCCOCCOCCOCCOCCOCCOCCOCCOCCOCCOCCOCCNC(=O)[C@H](CCCCNC(=O)CCCc3ccc(I)cc3)NC(=O)CN3CCN(CC(=O)O)CCN(CC(=O)O)CCN(CC(=O)O)CC3)CC2)cc1. The lowest BCUT2D eigenvalue weighted by Crippen LogP contribution is -2.52. The number of amides is 5. The van der Waals surface area contributed by atoms with Crippen LogP contribution in [0.1, 0.15) is 105 Å². The van der Waals surface area contributed by atoms with Gasteiger partial charge in [-0.25, -0.2) is 0 Å². The van der Waals surface area contributed by atoms with Gasteiger partial charge in [0.1, 0.15) is 17.5 Å². The van der Waals surface area contributed by atoms with Crippen LogP contribution in [0.15, 0.2) is 60.7 Å². The number of carbonyl (C=O) groups is 8. The number of halogens is 1. The molecule has 123 heavy (non-hydrogen) atoms. The number of carbonyl (C=O) groups excluding carboxylic acids is 5. The minimum atomic E-state index is -1.07. The number of likely N-dealkylation sites (tertiary alicyclic amines) is 1. The molecule has 1 atom stereocenters. The molecule has 0 radical (unpaired) electrons. The molecule has 5 amide bonds. The van der Waals surface area contributed by atoms with Gasteiger partial charge in [0.2, 0.25) is 29.5 Å². The molecule has 2 saturated heterocycles. The number of piperidine rings is 1. The van der Waals surface area contributed by atoms with Gasteiger partial charge < -0.3 is 109 Å². The van der Waals surface area contributed by atoms with Crippen molar-refractivity contribution in [2.24, 2.45) is 5.92 Å². The number of carboxylic acids is 3. The first-order chi connectivity index (χ1) is 59.6. The monoisotopic (exact) mass is 1850 g/mol. The number of aryl methyl sites for hydroxylation is 1. The molecule has 0 saturated carbocycles. The van der Waals surface area contributed by atoms with Crippen molar-refractivity contribution >= 4 is 70.0 Å². The number of nitrogens with zero attached hydrogens (tertiary/aromatic N) is 8. The van der Waals surface area contributed by atoms with Crippen molar-refractivity contribution in [2.75, 3.05) is 270 Å². The van der Waals surface area contributed by atoms with Gasteiger partial charge in [-0.3, -0.25) is 62.5 Å². The molecule has 2 aliphatic heterocycles. The Kier molecular flexibility index (Phi) is 53.5. The van der Waals surface area contributed by atoms with Gasteiger partial charge in [-0.15, -0.1) is 10.2 Å². The van der Waals surface area contributed by atoms with Crippen molar-refractivity contribution in [1.29, 1.82) is 0 Å². The Morgan fingerprint density at radius 1 is 0.463 bits per heavy atom. The lowest BCUT2D eigenvalue weighted by molar-refractivity contribution is -0.140. The van der Waals surface area contributed by atoms with Gasteiger partial charge in [0, 0.05) is 107 Å². The van der Waals surface area contributed by atoms with Gasteiger partial charge >= 0.3 is 17.9 Å². The number of benzene rings is 3. The Labute approximate surface area is 735 Å². The third kappa shape index (κ3) is 45.3. The van der Waals surface area contributed by atoms with E-state index in [9.17, 15) is 63.9 Å². The predicted molar refractivity (Wildman–Crippen MR) is 462 cm³/mol. The van der Waals surface area contributed by atoms with Crippen LogP contribution in [-0.4, -0.2) is 388 Å². The van der Waals surface area contributed by atoms with E-state index in [0.29, 0.717) is 226 Å². The van der Waals surface area contributed by atoms with Gasteiger partial charge in [0.05, 0.1) is 197 Å². The van der Waals surface area contributed by atoms with Crippen LogP contribution < -0.4 is 21.3 Å². The maximum absolute atomic E-state index is 13.8. The first kappa shape index (κ1) is 104. The Balaban J connectivity index is 0.685. The third-order valence-corrected chi connectivity index (χ3v) is 20.8. The Hall–Kier alpha value is -7.75. The van der Waals surface area contributed by atoms with E-state index in [1.54, 1.807) is 30.2 Å². The van der Waals surface area contributed by atoms with Crippen LogP contribution >= 0.6 is 22.6 Å². The largest absolute Gasteiger partial charge is 0.508 e. The molecule has 37 nitrogen and oxygen atoms in total. The van der Waals surface area contributed by atoms with Crippen LogP contribution in [0.5, 0.6) is 11.5 Å². The van der Waals surface area contributed by atoms with Crippen LogP contribution in [-0.2, 0) is 103 Å². The summed E-state index contributed by atoms with van der Waals surface area (Å²) in [5.41, 5.74) is 3.91. The standard InChI is InChI=1S/C85H133IN12O25/c1-4-87-85(111)83-92-91-82(72-59-71(65(2)3)74(99)60-75(72)100)98(83)70-17-13-67(14-18-70)58-68-19-24-97(25-20-68)78(103)21-34-112-36-38-114-40-42-116-44-46-118-48-50-120-52-54-122-56-57-123-55-53-121-51-49-119-47-45-117-43-41-115-39-37-113-35-23-89-84(110)73(9-5-6-22-88-76(101)10-7-8-66-11-15-69(86)16-12-66)90-77(102)61-93-26-28-94(62-79(104)105)30-32-96(64-81(108)109)33-31-95(29-27-93)63-80(106)107/h11-18,59-60,65,68,73,99-100H,4-10,19-58,61-64H2,1-3H3,(H,87,111)(H,88,101)(H,89,110)(H,90,102)(H,104,105)(H,106,107)(H,108,109)/t73-/m0/s1. The maximum Gasteiger partial charge on any atom is 0.317 e. The predicted octanol–water partition coefficient (Wildman–Crippen LogP) is 3.58. The molecule has 0 unspecified atom stereocenters. The van der Waals surface area contributed by atoms with E-state index >= 15 is 0 Å². The molecule has 2 aliphatic rings. The molecule has 3 aromatic carbocycles. The second kappa shape index (κ2) is 63.2. The fraction of sp³-hybridized carbons (Fsp3) is 0.671. The van der Waals surface area contributed by atoms with E-state index in [0.717, 1.165) is 40.4 Å². The first-order valence-electron chi connectivity index (χ1n) is 42.9. The third-order valence-electron chi connectivity index (χ3n) is 20.0. The second-order valence-electron chi connectivity index (χ2n) is 29.9. The molecular formula is C85H133IN12O25. The number of aromatic nitrogens is 3. The van der Waals surface area contributed by atoms with Crippen molar-refractivity contribution < 1.29 is 121 Å². The van der Waals surface area contributed by atoms with E-state index in [2.05, 4.69) is 66.2 Å². The highest BCUT2D eigenvalue weighted by Crippen LogP contribution is 2.38. The summed E-state index contributed by atoms with van der Waals surface area (Å²) in [5.74, 6) is -3.97. The average molecular weight is 1850 g/mol. The molecule has 9 N–H and O–H groups in total. The highest BCUT2D eigenvalue weighted by Gasteiger charge is 2.29. The number of ether oxygens (including phenoxy) is 12. The minimum Gasteiger partial charge on any atom is -0.508 e. The molecule has 0 aliphatic carbocycles. The maximum atomic E-state index is 13.8. The minimum absolute atomic E-state index is 0.0242. The number of phenolic OH excluding ortho intramolecular Hbond substituents is 2. The number of rotatable bonds is 65.